The fourth-order valence-electron chi connectivity index (χ4n) is 2.88. The second-order valence-electron chi connectivity index (χ2n) is 5.61. The van der Waals surface area contributed by atoms with E-state index in [4.69, 9.17) is 0 Å². The quantitative estimate of drug-likeness (QED) is 0.809. The lowest BCUT2D eigenvalue weighted by Crippen LogP contribution is -2.43. The molecule has 1 aromatic carbocycles. The van der Waals surface area contributed by atoms with Crippen LogP contribution >= 0.6 is 0 Å². The molecule has 3 rings (SSSR count). The molecule has 0 saturated carbocycles. The Hall–Kier alpha value is -1.72. The van der Waals surface area contributed by atoms with Gasteiger partial charge in [0.2, 0.25) is 0 Å². The zero-order chi connectivity index (χ0) is 14.1. The summed E-state index contributed by atoms with van der Waals surface area (Å²) < 4.78 is 0. The van der Waals surface area contributed by atoms with Crippen LogP contribution in [0.3, 0.4) is 0 Å². The fraction of sp³-hybridized carbons (Fsp3) is 0.467. The average Bonchev–Trinajstić information content (AvgIpc) is 2.60. The molecule has 106 valence electrons. The third-order valence-corrected chi connectivity index (χ3v) is 3.89. The Kier molecular flexibility index (Phi) is 3.54. The number of carbonyl (C=O) groups excluding carboxylic acids is 2. The zero-order valence-corrected chi connectivity index (χ0v) is 11.6. The van der Waals surface area contributed by atoms with Crippen molar-refractivity contribution < 1.29 is 9.59 Å². The van der Waals surface area contributed by atoms with Gasteiger partial charge in [0, 0.05) is 19.6 Å². The van der Waals surface area contributed by atoms with Gasteiger partial charge in [0.1, 0.15) is 0 Å². The van der Waals surface area contributed by atoms with E-state index >= 15 is 0 Å². The summed E-state index contributed by atoms with van der Waals surface area (Å²) in [5, 5.41) is 3.36. The SMILES string of the molecule is CC1CNCCN(CN2C(=O)c3ccccc3C2=O)C1. The Morgan fingerprint density at radius 1 is 1.20 bits per heavy atom. The van der Waals surface area contributed by atoms with Gasteiger partial charge in [0.15, 0.2) is 0 Å². The molecule has 1 saturated heterocycles. The number of carbonyl (C=O) groups is 2. The van der Waals surface area contributed by atoms with Crippen LogP contribution in [0.1, 0.15) is 27.6 Å². The Morgan fingerprint density at radius 2 is 1.85 bits per heavy atom. The highest BCUT2D eigenvalue weighted by Crippen LogP contribution is 2.22. The molecular weight excluding hydrogens is 254 g/mol. The zero-order valence-electron chi connectivity index (χ0n) is 11.6. The summed E-state index contributed by atoms with van der Waals surface area (Å²) in [5.74, 6) is 0.179. The Bertz CT molecular complexity index is 509. The number of nitrogens with one attached hydrogen (secondary N) is 1. The normalized spacial score (nSPS) is 23.9. The maximum absolute atomic E-state index is 12.3. The molecule has 20 heavy (non-hydrogen) atoms. The van der Waals surface area contributed by atoms with Gasteiger partial charge in [-0.05, 0) is 24.6 Å². The number of rotatable bonds is 2. The second-order valence-corrected chi connectivity index (χ2v) is 5.61. The number of amides is 2. The van der Waals surface area contributed by atoms with Crippen LogP contribution in [0.4, 0.5) is 0 Å². The van der Waals surface area contributed by atoms with Crippen molar-refractivity contribution in [2.24, 2.45) is 5.92 Å². The Morgan fingerprint density at radius 3 is 2.50 bits per heavy atom. The molecule has 1 aromatic rings. The molecule has 2 aliphatic rings. The van der Waals surface area contributed by atoms with Gasteiger partial charge in [0.25, 0.3) is 11.8 Å². The predicted octanol–water partition coefficient (Wildman–Crippen LogP) is 0.781. The number of hydrogen-bond donors (Lipinski definition) is 1. The molecule has 2 amide bonds. The van der Waals surface area contributed by atoms with E-state index in [9.17, 15) is 9.59 Å². The first-order chi connectivity index (χ1) is 9.66. The van der Waals surface area contributed by atoms with Crippen molar-refractivity contribution in [2.75, 3.05) is 32.8 Å². The van der Waals surface area contributed by atoms with E-state index in [2.05, 4.69) is 17.1 Å². The molecule has 1 fully saturated rings. The van der Waals surface area contributed by atoms with Crippen LogP contribution in [-0.2, 0) is 0 Å². The van der Waals surface area contributed by atoms with E-state index in [1.165, 1.54) is 4.90 Å². The van der Waals surface area contributed by atoms with Crippen molar-refractivity contribution in [1.82, 2.24) is 15.1 Å². The van der Waals surface area contributed by atoms with E-state index < -0.39 is 0 Å². The second kappa shape index (κ2) is 5.34. The molecule has 2 heterocycles. The first kappa shape index (κ1) is 13.3. The van der Waals surface area contributed by atoms with Crippen LogP contribution in [0.25, 0.3) is 0 Å². The van der Waals surface area contributed by atoms with Gasteiger partial charge >= 0.3 is 0 Å². The van der Waals surface area contributed by atoms with Gasteiger partial charge in [-0.3, -0.25) is 19.4 Å². The van der Waals surface area contributed by atoms with Gasteiger partial charge in [0.05, 0.1) is 17.8 Å². The molecule has 1 unspecified atom stereocenters. The molecule has 0 spiro atoms. The molecular formula is C15H19N3O2. The summed E-state index contributed by atoms with van der Waals surface area (Å²) in [6.45, 7) is 6.20. The topological polar surface area (TPSA) is 52.6 Å². The summed E-state index contributed by atoms with van der Waals surface area (Å²) >= 11 is 0. The Labute approximate surface area is 118 Å². The number of fused-ring (bicyclic) bond motifs is 1. The van der Waals surface area contributed by atoms with E-state index in [1.54, 1.807) is 24.3 Å². The van der Waals surface area contributed by atoms with E-state index in [0.29, 0.717) is 23.7 Å². The number of nitrogens with zero attached hydrogens (tertiary/aromatic N) is 2. The summed E-state index contributed by atoms with van der Waals surface area (Å²) in [7, 11) is 0. The molecule has 0 radical (unpaired) electrons. The maximum Gasteiger partial charge on any atom is 0.262 e. The van der Waals surface area contributed by atoms with Crippen LogP contribution in [0.5, 0.6) is 0 Å². The minimum absolute atomic E-state index is 0.171. The van der Waals surface area contributed by atoms with Crippen LogP contribution in [0.2, 0.25) is 0 Å². The van der Waals surface area contributed by atoms with Crippen LogP contribution in [0.15, 0.2) is 24.3 Å². The number of benzene rings is 1. The molecule has 0 aliphatic carbocycles. The van der Waals surface area contributed by atoms with Crippen molar-refractivity contribution in [3.63, 3.8) is 0 Å². The van der Waals surface area contributed by atoms with E-state index in [-0.39, 0.29) is 11.8 Å². The molecule has 1 N–H and O–H groups in total. The highest BCUT2D eigenvalue weighted by atomic mass is 16.2. The van der Waals surface area contributed by atoms with Crippen LogP contribution in [0, 0.1) is 5.92 Å². The fourth-order valence-corrected chi connectivity index (χ4v) is 2.88. The molecule has 5 heteroatoms. The van der Waals surface area contributed by atoms with Gasteiger partial charge in [-0.25, -0.2) is 0 Å². The maximum atomic E-state index is 12.3. The molecule has 0 bridgehead atoms. The highest BCUT2D eigenvalue weighted by molar-refractivity contribution is 6.21. The molecule has 5 nitrogen and oxygen atoms in total. The standard InChI is InChI=1S/C15H19N3O2/c1-11-8-16-6-7-17(9-11)10-18-14(19)12-4-2-3-5-13(12)15(18)20/h2-5,11,16H,6-10H2,1H3. The van der Waals surface area contributed by atoms with Gasteiger partial charge in [-0.2, -0.15) is 0 Å². The number of imide groups is 1. The molecule has 0 aromatic heterocycles. The lowest BCUT2D eigenvalue weighted by molar-refractivity contribution is 0.0537. The lowest BCUT2D eigenvalue weighted by atomic mass is 10.1. The lowest BCUT2D eigenvalue weighted by Gasteiger charge is -2.26. The average molecular weight is 273 g/mol. The minimum atomic E-state index is -0.171. The predicted molar refractivity (Wildman–Crippen MR) is 75.4 cm³/mol. The number of hydrogen-bond acceptors (Lipinski definition) is 4. The minimum Gasteiger partial charge on any atom is -0.315 e. The van der Waals surface area contributed by atoms with Crippen molar-refractivity contribution >= 4 is 11.8 Å². The third-order valence-electron chi connectivity index (χ3n) is 3.89. The monoisotopic (exact) mass is 273 g/mol. The summed E-state index contributed by atoms with van der Waals surface area (Å²) in [5.41, 5.74) is 1.05. The summed E-state index contributed by atoms with van der Waals surface area (Å²) in [6, 6.07) is 7.04. The van der Waals surface area contributed by atoms with Gasteiger partial charge < -0.3 is 5.32 Å². The smallest absolute Gasteiger partial charge is 0.262 e. The van der Waals surface area contributed by atoms with E-state index in [1.807, 2.05) is 0 Å². The first-order valence-corrected chi connectivity index (χ1v) is 7.05. The van der Waals surface area contributed by atoms with Crippen molar-refractivity contribution in [3.8, 4) is 0 Å². The van der Waals surface area contributed by atoms with Crippen molar-refractivity contribution in [1.29, 1.82) is 0 Å². The first-order valence-electron chi connectivity index (χ1n) is 7.05. The Balaban J connectivity index is 1.76. The van der Waals surface area contributed by atoms with Crippen molar-refractivity contribution in [3.05, 3.63) is 35.4 Å². The third kappa shape index (κ3) is 2.34. The van der Waals surface area contributed by atoms with Crippen molar-refractivity contribution in [2.45, 2.75) is 6.92 Å². The molecule has 1 atom stereocenters. The van der Waals surface area contributed by atoms with Crippen LogP contribution < -0.4 is 5.32 Å². The highest BCUT2D eigenvalue weighted by Gasteiger charge is 2.36. The summed E-state index contributed by atoms with van der Waals surface area (Å²) in [4.78, 5) is 28.2. The van der Waals surface area contributed by atoms with Crippen LogP contribution in [-0.4, -0.2) is 54.5 Å². The van der Waals surface area contributed by atoms with Gasteiger partial charge in [-0.1, -0.05) is 19.1 Å². The largest absolute Gasteiger partial charge is 0.315 e. The summed E-state index contributed by atoms with van der Waals surface area (Å²) in [6.07, 6.45) is 0. The molecule has 2 aliphatic heterocycles. The van der Waals surface area contributed by atoms with E-state index in [0.717, 1.165) is 26.2 Å². The van der Waals surface area contributed by atoms with Gasteiger partial charge in [-0.15, -0.1) is 0 Å².